The first-order chi connectivity index (χ1) is 9.22. The van der Waals surface area contributed by atoms with Gasteiger partial charge in [-0.1, -0.05) is 0 Å². The van der Waals surface area contributed by atoms with Gasteiger partial charge in [0.1, 0.15) is 0 Å². The van der Waals surface area contributed by atoms with Crippen molar-refractivity contribution in [1.29, 1.82) is 0 Å². The summed E-state index contributed by atoms with van der Waals surface area (Å²) in [6, 6.07) is 2.40. The monoisotopic (exact) mass is 332 g/mol. The van der Waals surface area contributed by atoms with Crippen molar-refractivity contribution in [1.82, 2.24) is 4.98 Å². The molecule has 0 bridgehead atoms. The van der Waals surface area contributed by atoms with Gasteiger partial charge in [-0.25, -0.2) is 13.4 Å². The van der Waals surface area contributed by atoms with Crippen LogP contribution >= 0.6 is 11.6 Å². The van der Waals surface area contributed by atoms with Gasteiger partial charge in [-0.3, -0.25) is 4.72 Å². The third kappa shape index (κ3) is 6.80. The number of anilines is 1. The summed E-state index contributed by atoms with van der Waals surface area (Å²) in [5, 5.41) is 0. The molecule has 0 atom stereocenters. The summed E-state index contributed by atoms with van der Waals surface area (Å²) in [5.74, 6) is -0.183. The van der Waals surface area contributed by atoms with Crippen molar-refractivity contribution in [3.63, 3.8) is 0 Å². The normalized spacial score (nSPS) is 12.2. The largest absolute Gasteiger partial charge is 0.468 e. The Labute approximate surface area is 119 Å². The van der Waals surface area contributed by atoms with Crippen LogP contribution in [0, 0.1) is 0 Å². The number of rotatable bonds is 7. The fraction of sp³-hybridized carbons (Fsp3) is 0.500. The molecule has 0 saturated carbocycles. The molecule has 0 aromatic carbocycles. The molecule has 114 valence electrons. The van der Waals surface area contributed by atoms with Gasteiger partial charge in [0.15, 0.2) is 6.61 Å². The number of pyridine rings is 1. The van der Waals surface area contributed by atoms with Gasteiger partial charge in [0, 0.05) is 11.9 Å². The predicted molar refractivity (Wildman–Crippen MR) is 68.5 cm³/mol. The quantitative estimate of drug-likeness (QED) is 0.778. The van der Waals surface area contributed by atoms with Crippen LogP contribution < -0.4 is 9.46 Å². The SMILES string of the molecule is O=S(=O)(CCCCl)Nc1ccc(OCC(F)(F)F)nc1. The Hall–Kier alpha value is -1.22. The van der Waals surface area contributed by atoms with E-state index < -0.39 is 22.8 Å². The van der Waals surface area contributed by atoms with Gasteiger partial charge in [-0.2, -0.15) is 13.2 Å². The first kappa shape index (κ1) is 16.8. The van der Waals surface area contributed by atoms with Gasteiger partial charge >= 0.3 is 6.18 Å². The molecule has 0 saturated heterocycles. The van der Waals surface area contributed by atoms with Crippen molar-refractivity contribution in [2.45, 2.75) is 12.6 Å². The first-order valence-electron chi connectivity index (χ1n) is 5.44. The highest BCUT2D eigenvalue weighted by atomic mass is 35.5. The minimum absolute atomic E-state index is 0.138. The topological polar surface area (TPSA) is 68.3 Å². The molecule has 0 spiro atoms. The average Bonchev–Trinajstić information content (AvgIpc) is 2.34. The Balaban J connectivity index is 2.58. The highest BCUT2D eigenvalue weighted by Gasteiger charge is 2.28. The third-order valence-corrected chi connectivity index (χ3v) is 3.58. The first-order valence-corrected chi connectivity index (χ1v) is 7.62. The molecule has 0 fully saturated rings. The lowest BCUT2D eigenvalue weighted by Gasteiger charge is -2.09. The second-order valence-corrected chi connectivity index (χ2v) is 5.97. The number of hydrogen-bond donors (Lipinski definition) is 1. The minimum Gasteiger partial charge on any atom is -0.468 e. The number of hydrogen-bond acceptors (Lipinski definition) is 4. The maximum absolute atomic E-state index is 11.9. The van der Waals surface area contributed by atoms with Gasteiger partial charge in [-0.15, -0.1) is 11.6 Å². The van der Waals surface area contributed by atoms with E-state index in [1.807, 2.05) is 0 Å². The van der Waals surface area contributed by atoms with Crippen molar-refractivity contribution in [2.24, 2.45) is 0 Å². The van der Waals surface area contributed by atoms with E-state index in [2.05, 4.69) is 14.4 Å². The number of sulfonamides is 1. The minimum atomic E-state index is -4.45. The van der Waals surface area contributed by atoms with Crippen LogP contribution in [0.5, 0.6) is 5.88 Å². The second kappa shape index (κ2) is 6.98. The molecule has 10 heteroatoms. The Morgan fingerprint density at radius 1 is 1.35 bits per heavy atom. The molecule has 0 aliphatic carbocycles. The molecule has 20 heavy (non-hydrogen) atoms. The molecule has 0 aliphatic heterocycles. The molecular formula is C10H12ClF3N2O3S. The predicted octanol–water partition coefficient (Wildman–Crippen LogP) is 2.39. The van der Waals surface area contributed by atoms with Crippen LogP contribution in [0.2, 0.25) is 0 Å². The Morgan fingerprint density at radius 3 is 2.55 bits per heavy atom. The standard InChI is InChI=1S/C10H12ClF3N2O3S/c11-4-1-5-20(17,18)16-8-2-3-9(15-6-8)19-7-10(12,13)14/h2-3,6,16H,1,4-5,7H2. The highest BCUT2D eigenvalue weighted by molar-refractivity contribution is 7.92. The van der Waals surface area contributed by atoms with Crippen molar-refractivity contribution >= 4 is 27.3 Å². The molecule has 0 radical (unpaired) electrons. The molecule has 0 aliphatic rings. The molecular weight excluding hydrogens is 321 g/mol. The summed E-state index contributed by atoms with van der Waals surface area (Å²) in [7, 11) is -3.54. The molecule has 1 aromatic heterocycles. The third-order valence-electron chi connectivity index (χ3n) is 1.94. The van der Waals surface area contributed by atoms with Crippen molar-refractivity contribution in [3.05, 3.63) is 18.3 Å². The number of nitrogens with zero attached hydrogens (tertiary/aromatic N) is 1. The van der Waals surface area contributed by atoms with E-state index in [4.69, 9.17) is 11.6 Å². The van der Waals surface area contributed by atoms with E-state index >= 15 is 0 Å². The van der Waals surface area contributed by atoms with Gasteiger partial charge < -0.3 is 4.74 Å². The number of halogens is 4. The molecule has 1 rings (SSSR count). The highest BCUT2D eigenvalue weighted by Crippen LogP contribution is 2.18. The Morgan fingerprint density at radius 2 is 2.05 bits per heavy atom. The van der Waals surface area contributed by atoms with Crippen molar-refractivity contribution in [3.8, 4) is 5.88 Å². The summed E-state index contributed by atoms with van der Waals surface area (Å²) >= 11 is 5.39. The molecule has 0 unspecified atom stereocenters. The number of ether oxygens (including phenoxy) is 1. The number of alkyl halides is 4. The summed E-state index contributed by atoms with van der Waals surface area (Å²) in [6.45, 7) is -1.46. The Kier molecular flexibility index (Phi) is 5.88. The summed E-state index contributed by atoms with van der Waals surface area (Å²) in [6.07, 6.45) is -3.09. The van der Waals surface area contributed by atoms with E-state index in [1.54, 1.807) is 0 Å². The summed E-state index contributed by atoms with van der Waals surface area (Å²) in [5.41, 5.74) is 0.138. The van der Waals surface area contributed by atoms with Gasteiger partial charge in [0.25, 0.3) is 0 Å². The Bertz CT molecular complexity index is 520. The fourth-order valence-electron chi connectivity index (χ4n) is 1.16. The number of aromatic nitrogens is 1. The van der Waals surface area contributed by atoms with Crippen molar-refractivity contribution < 1.29 is 26.3 Å². The maximum atomic E-state index is 11.9. The lowest BCUT2D eigenvalue weighted by Crippen LogP contribution is -2.20. The zero-order valence-corrected chi connectivity index (χ0v) is 11.7. The zero-order chi connectivity index (χ0) is 15.2. The maximum Gasteiger partial charge on any atom is 0.422 e. The van der Waals surface area contributed by atoms with E-state index in [0.717, 1.165) is 12.3 Å². The second-order valence-electron chi connectivity index (χ2n) is 3.75. The van der Waals surface area contributed by atoms with Crippen LogP contribution in [0.3, 0.4) is 0 Å². The van der Waals surface area contributed by atoms with Crippen LogP contribution in [0.15, 0.2) is 18.3 Å². The van der Waals surface area contributed by atoms with E-state index in [1.165, 1.54) is 6.07 Å². The van der Waals surface area contributed by atoms with Gasteiger partial charge in [0.05, 0.1) is 17.6 Å². The van der Waals surface area contributed by atoms with Crippen LogP contribution in [-0.4, -0.2) is 37.8 Å². The smallest absolute Gasteiger partial charge is 0.422 e. The van der Waals surface area contributed by atoms with Gasteiger partial charge in [0.2, 0.25) is 15.9 Å². The van der Waals surface area contributed by atoms with Crippen LogP contribution in [0.4, 0.5) is 18.9 Å². The van der Waals surface area contributed by atoms with Crippen LogP contribution in [0.1, 0.15) is 6.42 Å². The van der Waals surface area contributed by atoms with Crippen molar-refractivity contribution in [2.75, 3.05) is 23.0 Å². The fourth-order valence-corrected chi connectivity index (χ4v) is 2.56. The van der Waals surface area contributed by atoms with E-state index in [0.29, 0.717) is 0 Å². The summed E-state index contributed by atoms with van der Waals surface area (Å²) < 4.78 is 65.4. The molecule has 5 nitrogen and oxygen atoms in total. The zero-order valence-electron chi connectivity index (χ0n) is 10.2. The van der Waals surface area contributed by atoms with Crippen LogP contribution in [-0.2, 0) is 10.0 Å². The molecule has 1 aromatic rings. The number of nitrogens with one attached hydrogen (secondary N) is 1. The van der Waals surface area contributed by atoms with E-state index in [-0.39, 0.29) is 29.6 Å². The average molecular weight is 333 g/mol. The van der Waals surface area contributed by atoms with E-state index in [9.17, 15) is 21.6 Å². The molecule has 1 N–H and O–H groups in total. The lowest BCUT2D eigenvalue weighted by atomic mass is 10.4. The van der Waals surface area contributed by atoms with Gasteiger partial charge in [-0.05, 0) is 12.5 Å². The summed E-state index contributed by atoms with van der Waals surface area (Å²) in [4.78, 5) is 3.57. The van der Waals surface area contributed by atoms with Crippen LogP contribution in [0.25, 0.3) is 0 Å². The lowest BCUT2D eigenvalue weighted by molar-refractivity contribution is -0.154. The molecule has 0 amide bonds. The molecule has 1 heterocycles.